The molecule has 1 unspecified atom stereocenters. The molecule has 0 bridgehead atoms. The number of aliphatic hydroxyl groups is 1. The van der Waals surface area contributed by atoms with Crippen LogP contribution in [0, 0.1) is 0 Å². The third kappa shape index (κ3) is 2.13. The third-order valence-electron chi connectivity index (χ3n) is 2.79. The van der Waals surface area contributed by atoms with Crippen molar-refractivity contribution < 1.29 is 5.11 Å². The van der Waals surface area contributed by atoms with Gasteiger partial charge in [-0.25, -0.2) is 9.97 Å². The number of para-hydroxylation sites is 1. The zero-order chi connectivity index (χ0) is 13.2. The molecule has 96 valence electrons. The second kappa shape index (κ2) is 4.66. The van der Waals surface area contributed by atoms with Gasteiger partial charge in [-0.3, -0.25) is 4.90 Å². The minimum absolute atomic E-state index is 0.417. The van der Waals surface area contributed by atoms with Gasteiger partial charge < -0.3 is 10.1 Å². The number of imidazole rings is 1. The standard InChI is InChI=1S/C13H13N5O/c1-9(19)18(10-5-3-2-4-6-10)13-14-7-11-12(17-13)16-8-15-11/h2-9,19H,1H3,(H,14,15,16,17). The Hall–Kier alpha value is -2.47. The minimum atomic E-state index is -0.737. The number of aromatic amines is 1. The normalized spacial score (nSPS) is 12.5. The van der Waals surface area contributed by atoms with Crippen molar-refractivity contribution in [3.8, 4) is 0 Å². The number of hydrogen-bond acceptors (Lipinski definition) is 5. The largest absolute Gasteiger partial charge is 0.373 e. The van der Waals surface area contributed by atoms with E-state index in [1.807, 2.05) is 30.3 Å². The second-order valence-electron chi connectivity index (χ2n) is 4.15. The van der Waals surface area contributed by atoms with Crippen molar-refractivity contribution in [2.45, 2.75) is 13.2 Å². The van der Waals surface area contributed by atoms with E-state index in [4.69, 9.17) is 0 Å². The highest BCUT2D eigenvalue weighted by Gasteiger charge is 2.17. The van der Waals surface area contributed by atoms with Crippen LogP contribution in [0.25, 0.3) is 11.2 Å². The summed E-state index contributed by atoms with van der Waals surface area (Å²) in [5, 5.41) is 9.96. The molecule has 2 heterocycles. The van der Waals surface area contributed by atoms with Gasteiger partial charge >= 0.3 is 0 Å². The minimum Gasteiger partial charge on any atom is -0.373 e. The number of H-pyrrole nitrogens is 1. The van der Waals surface area contributed by atoms with Crippen molar-refractivity contribution in [2.24, 2.45) is 0 Å². The van der Waals surface area contributed by atoms with E-state index in [9.17, 15) is 5.11 Å². The lowest BCUT2D eigenvalue weighted by molar-refractivity contribution is 0.200. The molecular formula is C13H13N5O. The fourth-order valence-corrected chi connectivity index (χ4v) is 1.93. The Morgan fingerprint density at radius 3 is 2.74 bits per heavy atom. The zero-order valence-electron chi connectivity index (χ0n) is 10.4. The first-order valence-electron chi connectivity index (χ1n) is 5.94. The Morgan fingerprint density at radius 2 is 2.00 bits per heavy atom. The van der Waals surface area contributed by atoms with Gasteiger partial charge in [0.2, 0.25) is 5.95 Å². The molecule has 0 fully saturated rings. The maximum atomic E-state index is 9.96. The molecule has 1 aromatic carbocycles. The van der Waals surface area contributed by atoms with E-state index in [1.165, 1.54) is 0 Å². The molecule has 0 radical (unpaired) electrons. The topological polar surface area (TPSA) is 77.9 Å². The summed E-state index contributed by atoms with van der Waals surface area (Å²) in [6.45, 7) is 1.67. The summed E-state index contributed by atoms with van der Waals surface area (Å²) < 4.78 is 0. The first kappa shape index (κ1) is 11.6. The fourth-order valence-electron chi connectivity index (χ4n) is 1.93. The molecular weight excluding hydrogens is 242 g/mol. The number of aliphatic hydroxyl groups excluding tert-OH is 1. The van der Waals surface area contributed by atoms with Crippen LogP contribution in [0.5, 0.6) is 0 Å². The van der Waals surface area contributed by atoms with Crippen LogP contribution in [0.4, 0.5) is 11.6 Å². The molecule has 0 aliphatic rings. The molecule has 0 spiro atoms. The van der Waals surface area contributed by atoms with Crippen molar-refractivity contribution >= 4 is 22.8 Å². The quantitative estimate of drug-likeness (QED) is 0.698. The van der Waals surface area contributed by atoms with Gasteiger partial charge in [0, 0.05) is 5.69 Å². The summed E-state index contributed by atoms with van der Waals surface area (Å²) >= 11 is 0. The number of aromatic nitrogens is 4. The number of fused-ring (bicyclic) bond motifs is 1. The first-order chi connectivity index (χ1) is 9.25. The molecule has 2 aromatic heterocycles. The van der Waals surface area contributed by atoms with Gasteiger partial charge in [0.05, 0.1) is 12.5 Å². The molecule has 0 saturated carbocycles. The highest BCUT2D eigenvalue weighted by Crippen LogP contribution is 2.24. The van der Waals surface area contributed by atoms with Gasteiger partial charge in [-0.05, 0) is 19.1 Å². The van der Waals surface area contributed by atoms with E-state index < -0.39 is 6.23 Å². The number of anilines is 2. The second-order valence-corrected chi connectivity index (χ2v) is 4.15. The Morgan fingerprint density at radius 1 is 1.21 bits per heavy atom. The van der Waals surface area contributed by atoms with Gasteiger partial charge in [0.15, 0.2) is 5.65 Å². The summed E-state index contributed by atoms with van der Waals surface area (Å²) in [4.78, 5) is 17.3. The Labute approximate surface area is 109 Å². The van der Waals surface area contributed by atoms with Crippen LogP contribution in [-0.4, -0.2) is 31.3 Å². The molecule has 6 nitrogen and oxygen atoms in total. The Balaban J connectivity index is 2.09. The van der Waals surface area contributed by atoms with E-state index >= 15 is 0 Å². The average Bonchev–Trinajstić information content (AvgIpc) is 2.87. The summed E-state index contributed by atoms with van der Waals surface area (Å²) in [5.41, 5.74) is 2.17. The zero-order valence-corrected chi connectivity index (χ0v) is 10.4. The molecule has 3 aromatic rings. The third-order valence-corrected chi connectivity index (χ3v) is 2.79. The highest BCUT2D eigenvalue weighted by atomic mass is 16.3. The lowest BCUT2D eigenvalue weighted by atomic mass is 10.3. The van der Waals surface area contributed by atoms with Crippen LogP contribution in [0.1, 0.15) is 6.92 Å². The monoisotopic (exact) mass is 255 g/mol. The van der Waals surface area contributed by atoms with E-state index in [1.54, 1.807) is 24.3 Å². The van der Waals surface area contributed by atoms with Gasteiger partial charge in [0.25, 0.3) is 0 Å². The molecule has 19 heavy (non-hydrogen) atoms. The van der Waals surface area contributed by atoms with Crippen molar-refractivity contribution in [2.75, 3.05) is 4.90 Å². The molecule has 6 heteroatoms. The lowest BCUT2D eigenvalue weighted by Crippen LogP contribution is -2.29. The van der Waals surface area contributed by atoms with E-state index in [0.717, 1.165) is 11.2 Å². The predicted octanol–water partition coefficient (Wildman–Crippen LogP) is 1.83. The number of nitrogens with one attached hydrogen (secondary N) is 1. The van der Waals surface area contributed by atoms with Crippen molar-refractivity contribution in [1.82, 2.24) is 19.9 Å². The van der Waals surface area contributed by atoms with Crippen LogP contribution in [0.3, 0.4) is 0 Å². The molecule has 3 rings (SSSR count). The summed E-state index contributed by atoms with van der Waals surface area (Å²) in [6, 6.07) is 9.51. The van der Waals surface area contributed by atoms with Crippen LogP contribution in [0.2, 0.25) is 0 Å². The number of hydrogen-bond donors (Lipinski definition) is 2. The number of benzene rings is 1. The van der Waals surface area contributed by atoms with E-state index in [-0.39, 0.29) is 0 Å². The Kier molecular flexibility index (Phi) is 2.85. The average molecular weight is 255 g/mol. The summed E-state index contributed by atoms with van der Waals surface area (Å²) in [6.07, 6.45) is 2.49. The van der Waals surface area contributed by atoms with E-state index in [2.05, 4.69) is 19.9 Å². The summed E-state index contributed by atoms with van der Waals surface area (Å²) in [5.74, 6) is 0.417. The maximum Gasteiger partial charge on any atom is 0.234 e. The Bertz CT molecular complexity index is 680. The van der Waals surface area contributed by atoms with Crippen LogP contribution >= 0.6 is 0 Å². The van der Waals surface area contributed by atoms with Gasteiger partial charge in [-0.1, -0.05) is 18.2 Å². The summed E-state index contributed by atoms with van der Waals surface area (Å²) in [7, 11) is 0. The van der Waals surface area contributed by atoms with Gasteiger partial charge in [-0.2, -0.15) is 4.98 Å². The van der Waals surface area contributed by atoms with Crippen LogP contribution in [0.15, 0.2) is 42.9 Å². The van der Waals surface area contributed by atoms with Gasteiger partial charge in [0.1, 0.15) is 11.7 Å². The number of nitrogens with zero attached hydrogens (tertiary/aromatic N) is 4. The molecule has 2 N–H and O–H groups in total. The van der Waals surface area contributed by atoms with Crippen LogP contribution < -0.4 is 4.90 Å². The number of rotatable bonds is 3. The van der Waals surface area contributed by atoms with Crippen LogP contribution in [-0.2, 0) is 0 Å². The molecule has 0 aliphatic heterocycles. The molecule has 1 atom stereocenters. The smallest absolute Gasteiger partial charge is 0.234 e. The predicted molar refractivity (Wildman–Crippen MR) is 71.9 cm³/mol. The van der Waals surface area contributed by atoms with Crippen molar-refractivity contribution in [1.29, 1.82) is 0 Å². The highest BCUT2D eigenvalue weighted by molar-refractivity contribution is 5.71. The molecule has 0 aliphatic carbocycles. The molecule has 0 saturated heterocycles. The fraction of sp³-hybridized carbons (Fsp3) is 0.154. The van der Waals surface area contributed by atoms with Crippen molar-refractivity contribution in [3.63, 3.8) is 0 Å². The van der Waals surface area contributed by atoms with E-state index in [0.29, 0.717) is 11.6 Å². The van der Waals surface area contributed by atoms with Gasteiger partial charge in [-0.15, -0.1) is 0 Å². The molecule has 0 amide bonds. The maximum absolute atomic E-state index is 9.96. The lowest BCUT2D eigenvalue weighted by Gasteiger charge is -2.25. The van der Waals surface area contributed by atoms with Crippen molar-refractivity contribution in [3.05, 3.63) is 42.9 Å². The first-order valence-corrected chi connectivity index (χ1v) is 5.94. The SMILES string of the molecule is CC(O)N(c1ccccc1)c1ncc2[nH]cnc2n1.